The van der Waals surface area contributed by atoms with E-state index >= 15 is 0 Å². The second-order valence-electron chi connectivity index (χ2n) is 3.71. The Balaban J connectivity index is 2.15. The van der Waals surface area contributed by atoms with Gasteiger partial charge in [-0.3, -0.25) is 0 Å². The molecule has 0 radical (unpaired) electrons. The highest BCUT2D eigenvalue weighted by molar-refractivity contribution is 9.09. The minimum atomic E-state index is 0.473. The van der Waals surface area contributed by atoms with Crippen LogP contribution in [0.1, 0.15) is 20.3 Å². The summed E-state index contributed by atoms with van der Waals surface area (Å²) < 4.78 is 0. The quantitative estimate of drug-likeness (QED) is 0.437. The lowest BCUT2D eigenvalue weighted by Gasteiger charge is -2.17. The van der Waals surface area contributed by atoms with Gasteiger partial charge in [-0.1, -0.05) is 41.9 Å². The fourth-order valence-electron chi connectivity index (χ4n) is 1.38. The van der Waals surface area contributed by atoms with Crippen molar-refractivity contribution in [1.29, 1.82) is 0 Å². The van der Waals surface area contributed by atoms with E-state index in [0.717, 1.165) is 4.83 Å². The number of hydrogen-bond acceptors (Lipinski definition) is 0. The molecular formula is C8H11Br. The zero-order valence-corrected chi connectivity index (χ0v) is 7.40. The summed E-state index contributed by atoms with van der Waals surface area (Å²) in [7, 11) is 0. The van der Waals surface area contributed by atoms with Crippen LogP contribution >= 0.6 is 15.9 Å². The molecule has 0 aromatic heterocycles. The van der Waals surface area contributed by atoms with E-state index in [1.807, 2.05) is 0 Å². The molecule has 0 saturated heterocycles. The molecule has 2 rings (SSSR count). The van der Waals surface area contributed by atoms with Crippen LogP contribution in [0.3, 0.4) is 0 Å². The van der Waals surface area contributed by atoms with Gasteiger partial charge in [0, 0.05) is 10.2 Å². The van der Waals surface area contributed by atoms with Gasteiger partial charge in [-0.05, 0) is 11.8 Å². The van der Waals surface area contributed by atoms with E-state index in [0.29, 0.717) is 10.8 Å². The van der Waals surface area contributed by atoms with Crippen LogP contribution in [-0.2, 0) is 0 Å². The Morgan fingerprint density at radius 2 is 1.89 bits per heavy atom. The maximum atomic E-state index is 3.64. The molecule has 0 bridgehead atoms. The Hall–Kier alpha value is 0.220. The lowest BCUT2D eigenvalue weighted by molar-refractivity contribution is 0.385. The van der Waals surface area contributed by atoms with E-state index in [1.165, 1.54) is 6.42 Å². The fourth-order valence-corrected chi connectivity index (χ4v) is 2.54. The normalized spacial score (nSPS) is 51.2. The van der Waals surface area contributed by atoms with Crippen LogP contribution in [-0.4, -0.2) is 4.83 Å². The molecule has 0 aromatic carbocycles. The molecule has 0 aliphatic heterocycles. The zero-order valence-electron chi connectivity index (χ0n) is 5.82. The predicted molar refractivity (Wildman–Crippen MR) is 42.7 cm³/mol. The molecule has 0 aromatic rings. The highest BCUT2D eigenvalue weighted by atomic mass is 79.9. The largest absolute Gasteiger partial charge is 0.0884 e. The van der Waals surface area contributed by atoms with Crippen molar-refractivity contribution in [3.63, 3.8) is 0 Å². The molecule has 0 amide bonds. The average Bonchev–Trinajstić information content (AvgIpc) is 2.57. The predicted octanol–water partition coefficient (Wildman–Crippen LogP) is 2.74. The highest BCUT2D eigenvalue weighted by Gasteiger charge is 2.61. The summed E-state index contributed by atoms with van der Waals surface area (Å²) >= 11 is 3.64. The van der Waals surface area contributed by atoms with Crippen molar-refractivity contribution in [3.8, 4) is 0 Å². The highest BCUT2D eigenvalue weighted by Crippen LogP contribution is 2.67. The van der Waals surface area contributed by atoms with Gasteiger partial charge in [-0.2, -0.15) is 0 Å². The molecule has 2 aliphatic carbocycles. The molecule has 0 spiro atoms. The Morgan fingerprint density at radius 1 is 1.44 bits per heavy atom. The summed E-state index contributed by atoms with van der Waals surface area (Å²) in [6, 6.07) is 0. The van der Waals surface area contributed by atoms with E-state index in [9.17, 15) is 0 Å². The monoisotopic (exact) mass is 186 g/mol. The van der Waals surface area contributed by atoms with Crippen molar-refractivity contribution in [2.24, 2.45) is 10.8 Å². The van der Waals surface area contributed by atoms with Crippen molar-refractivity contribution in [2.45, 2.75) is 25.1 Å². The topological polar surface area (TPSA) is 0 Å². The van der Waals surface area contributed by atoms with Crippen molar-refractivity contribution in [1.82, 2.24) is 0 Å². The van der Waals surface area contributed by atoms with Crippen LogP contribution in [0.5, 0.6) is 0 Å². The smallest absolute Gasteiger partial charge is 0.0217 e. The minimum Gasteiger partial charge on any atom is -0.0884 e. The molecule has 0 unspecified atom stereocenters. The minimum absolute atomic E-state index is 0.473. The molecule has 1 fully saturated rings. The zero-order chi connectivity index (χ0) is 6.70. The van der Waals surface area contributed by atoms with Gasteiger partial charge in [0.15, 0.2) is 0 Å². The Morgan fingerprint density at radius 3 is 2.00 bits per heavy atom. The molecule has 9 heavy (non-hydrogen) atoms. The lowest BCUT2D eigenvalue weighted by atomic mass is 9.87. The van der Waals surface area contributed by atoms with Gasteiger partial charge >= 0.3 is 0 Å². The molecule has 1 heteroatoms. The van der Waals surface area contributed by atoms with E-state index in [4.69, 9.17) is 0 Å². The summed E-state index contributed by atoms with van der Waals surface area (Å²) in [5, 5.41) is 0. The van der Waals surface area contributed by atoms with Crippen molar-refractivity contribution in [2.75, 3.05) is 0 Å². The lowest BCUT2D eigenvalue weighted by Crippen LogP contribution is -2.13. The van der Waals surface area contributed by atoms with Crippen LogP contribution in [0.15, 0.2) is 12.2 Å². The van der Waals surface area contributed by atoms with Crippen LogP contribution in [0.2, 0.25) is 0 Å². The van der Waals surface area contributed by atoms with E-state index in [-0.39, 0.29) is 0 Å². The van der Waals surface area contributed by atoms with Crippen LogP contribution in [0, 0.1) is 10.8 Å². The Bertz CT molecular complexity index is 177. The van der Waals surface area contributed by atoms with Crippen molar-refractivity contribution in [3.05, 3.63) is 12.2 Å². The third-order valence-electron chi connectivity index (χ3n) is 3.03. The maximum absolute atomic E-state index is 3.64. The molecular weight excluding hydrogens is 176 g/mol. The number of halogens is 1. The van der Waals surface area contributed by atoms with Gasteiger partial charge in [-0.15, -0.1) is 0 Å². The summed E-state index contributed by atoms with van der Waals surface area (Å²) in [4.78, 5) is 0.769. The number of hydrogen-bond donors (Lipinski definition) is 0. The maximum Gasteiger partial charge on any atom is 0.0217 e. The second kappa shape index (κ2) is 1.29. The van der Waals surface area contributed by atoms with Gasteiger partial charge in [-0.25, -0.2) is 0 Å². The molecule has 0 heterocycles. The van der Waals surface area contributed by atoms with Gasteiger partial charge in [0.25, 0.3) is 0 Å². The van der Waals surface area contributed by atoms with E-state index in [2.05, 4.69) is 41.9 Å². The standard InChI is InChI=1S/C8H11Br/c1-7(3-4-7)8(2)5-6(8)9/h3-4,6H,5H2,1-2H3/t6-,8-/m1/s1. The van der Waals surface area contributed by atoms with E-state index in [1.54, 1.807) is 0 Å². The molecule has 1 saturated carbocycles. The summed E-state index contributed by atoms with van der Waals surface area (Å²) in [6.45, 7) is 4.67. The molecule has 50 valence electrons. The Kier molecular flexibility index (Phi) is 0.855. The number of rotatable bonds is 1. The number of allylic oxidation sites excluding steroid dienone is 2. The van der Waals surface area contributed by atoms with Crippen LogP contribution < -0.4 is 0 Å². The Labute approximate surface area is 64.5 Å². The summed E-state index contributed by atoms with van der Waals surface area (Å²) in [6.07, 6.45) is 5.97. The van der Waals surface area contributed by atoms with Gasteiger partial charge in [0.2, 0.25) is 0 Å². The third kappa shape index (κ3) is 0.590. The first kappa shape index (κ1) is 5.96. The first-order valence-electron chi connectivity index (χ1n) is 3.43. The second-order valence-corrected chi connectivity index (χ2v) is 4.81. The third-order valence-corrected chi connectivity index (χ3v) is 4.37. The SMILES string of the molecule is CC1([C@]2(C)C[C@H]2Br)C=C1. The fraction of sp³-hybridized carbons (Fsp3) is 0.750. The van der Waals surface area contributed by atoms with Crippen LogP contribution in [0.4, 0.5) is 0 Å². The van der Waals surface area contributed by atoms with Crippen LogP contribution in [0.25, 0.3) is 0 Å². The van der Waals surface area contributed by atoms with E-state index < -0.39 is 0 Å². The van der Waals surface area contributed by atoms with Crippen molar-refractivity contribution >= 4 is 15.9 Å². The van der Waals surface area contributed by atoms with Gasteiger partial charge in [0.05, 0.1) is 0 Å². The first-order valence-corrected chi connectivity index (χ1v) is 4.35. The molecule has 2 aliphatic rings. The number of alkyl halides is 1. The summed E-state index contributed by atoms with van der Waals surface area (Å²) in [5.74, 6) is 0. The van der Waals surface area contributed by atoms with Gasteiger partial charge in [0.1, 0.15) is 0 Å². The molecule has 0 N–H and O–H groups in total. The first-order chi connectivity index (χ1) is 4.08. The van der Waals surface area contributed by atoms with Gasteiger partial charge < -0.3 is 0 Å². The van der Waals surface area contributed by atoms with Crippen molar-refractivity contribution < 1.29 is 0 Å². The molecule has 0 nitrogen and oxygen atoms in total. The summed E-state index contributed by atoms with van der Waals surface area (Å²) in [5.41, 5.74) is 1.04. The average molecular weight is 187 g/mol. The molecule has 2 atom stereocenters.